The zero-order valence-electron chi connectivity index (χ0n) is 7.01. The van der Waals surface area contributed by atoms with Gasteiger partial charge in [0.05, 0.1) is 6.54 Å². The maximum Gasteiger partial charge on any atom is 0.278 e. The van der Waals surface area contributed by atoms with Crippen LogP contribution in [0.25, 0.3) is 6.08 Å². The summed E-state index contributed by atoms with van der Waals surface area (Å²) in [6, 6.07) is 0. The van der Waals surface area contributed by atoms with Gasteiger partial charge in [0.15, 0.2) is 0 Å². The van der Waals surface area contributed by atoms with Crippen molar-refractivity contribution >= 4 is 6.08 Å². The summed E-state index contributed by atoms with van der Waals surface area (Å²) < 4.78 is 2.18. The highest BCUT2D eigenvalue weighted by Gasteiger charge is 2.03. The molecule has 0 saturated heterocycles. The first-order valence-corrected chi connectivity index (χ1v) is 4.07. The summed E-state index contributed by atoms with van der Waals surface area (Å²) in [5, 5.41) is 0. The molecule has 1 aromatic rings. The lowest BCUT2D eigenvalue weighted by Crippen LogP contribution is -2.34. The van der Waals surface area contributed by atoms with Gasteiger partial charge in [0.1, 0.15) is 12.4 Å². The molecule has 2 heteroatoms. The van der Waals surface area contributed by atoms with Crippen LogP contribution in [-0.4, -0.2) is 4.98 Å². The van der Waals surface area contributed by atoms with Gasteiger partial charge in [-0.25, -0.2) is 9.55 Å². The predicted molar refractivity (Wildman–Crippen MR) is 46.0 cm³/mol. The van der Waals surface area contributed by atoms with Crippen LogP contribution in [0.1, 0.15) is 25.6 Å². The average molecular weight is 151 g/mol. The Balaban J connectivity index is 2.61. The number of imidazole rings is 1. The molecule has 0 saturated carbocycles. The number of aromatic amines is 1. The quantitative estimate of drug-likeness (QED) is 0.632. The van der Waals surface area contributed by atoms with Crippen LogP contribution in [-0.2, 0) is 6.54 Å². The summed E-state index contributed by atoms with van der Waals surface area (Å²) in [6.45, 7) is 7.00. The van der Waals surface area contributed by atoms with E-state index < -0.39 is 0 Å². The molecule has 60 valence electrons. The third kappa shape index (κ3) is 1.93. The van der Waals surface area contributed by atoms with E-state index in [4.69, 9.17) is 0 Å². The molecule has 1 aromatic heterocycles. The molecule has 0 amide bonds. The zero-order valence-corrected chi connectivity index (χ0v) is 7.01. The van der Waals surface area contributed by atoms with Crippen LogP contribution < -0.4 is 4.57 Å². The van der Waals surface area contributed by atoms with Gasteiger partial charge in [0, 0.05) is 6.08 Å². The van der Waals surface area contributed by atoms with Crippen LogP contribution in [0.5, 0.6) is 0 Å². The van der Waals surface area contributed by atoms with E-state index in [0.717, 1.165) is 12.4 Å². The minimum absolute atomic E-state index is 1.08. The number of aromatic nitrogens is 2. The Kier molecular flexibility index (Phi) is 2.90. The number of nitrogens with one attached hydrogen (secondary N) is 1. The first kappa shape index (κ1) is 8.05. The molecule has 0 radical (unpaired) electrons. The van der Waals surface area contributed by atoms with Crippen molar-refractivity contribution in [2.45, 2.75) is 26.3 Å². The largest absolute Gasteiger partial charge is 0.278 e. The van der Waals surface area contributed by atoms with Crippen molar-refractivity contribution in [2.75, 3.05) is 0 Å². The van der Waals surface area contributed by atoms with Crippen molar-refractivity contribution in [1.82, 2.24) is 4.98 Å². The summed E-state index contributed by atoms with van der Waals surface area (Å²) >= 11 is 0. The van der Waals surface area contributed by atoms with Gasteiger partial charge in [-0.3, -0.25) is 0 Å². The monoisotopic (exact) mass is 151 g/mol. The lowest BCUT2D eigenvalue weighted by atomic mass is 10.3. The van der Waals surface area contributed by atoms with Crippen LogP contribution >= 0.6 is 0 Å². The fourth-order valence-corrected chi connectivity index (χ4v) is 1.08. The van der Waals surface area contributed by atoms with Gasteiger partial charge in [-0.2, -0.15) is 0 Å². The molecule has 0 unspecified atom stereocenters. The fourth-order valence-electron chi connectivity index (χ4n) is 1.08. The third-order valence-electron chi connectivity index (χ3n) is 1.74. The van der Waals surface area contributed by atoms with Crippen molar-refractivity contribution in [3.05, 3.63) is 24.8 Å². The van der Waals surface area contributed by atoms with Crippen molar-refractivity contribution in [3.63, 3.8) is 0 Å². The number of rotatable bonds is 4. The second-order valence-corrected chi connectivity index (χ2v) is 2.60. The standard InChI is InChI=1S/C9H14N2/c1-3-5-7-11-8-6-10-9(11)4-2/h4,6,8H,2-3,5,7H2,1H3/p+1. The number of nitrogens with zero attached hydrogens (tertiary/aromatic N) is 1. The molecule has 1 heterocycles. The Morgan fingerprint density at radius 1 is 1.73 bits per heavy atom. The Morgan fingerprint density at radius 3 is 3.18 bits per heavy atom. The number of H-pyrrole nitrogens is 1. The molecule has 1 rings (SSSR count). The summed E-state index contributed by atoms with van der Waals surface area (Å²) in [5.74, 6) is 1.10. The molecule has 0 aliphatic carbocycles. The first-order chi connectivity index (χ1) is 5.38. The Labute approximate surface area is 67.6 Å². The van der Waals surface area contributed by atoms with E-state index in [9.17, 15) is 0 Å². The van der Waals surface area contributed by atoms with Gasteiger partial charge < -0.3 is 0 Å². The van der Waals surface area contributed by atoms with E-state index in [2.05, 4.69) is 23.1 Å². The maximum atomic E-state index is 3.72. The zero-order chi connectivity index (χ0) is 8.10. The molecular weight excluding hydrogens is 136 g/mol. The molecule has 0 bridgehead atoms. The number of aryl methyl sites for hydroxylation is 1. The van der Waals surface area contributed by atoms with Crippen LogP contribution in [0, 0.1) is 0 Å². The van der Waals surface area contributed by atoms with E-state index in [1.54, 1.807) is 0 Å². The van der Waals surface area contributed by atoms with E-state index in [1.165, 1.54) is 12.8 Å². The van der Waals surface area contributed by atoms with Gasteiger partial charge >= 0.3 is 0 Å². The van der Waals surface area contributed by atoms with Crippen molar-refractivity contribution < 1.29 is 4.57 Å². The molecule has 0 atom stereocenters. The first-order valence-electron chi connectivity index (χ1n) is 4.07. The molecule has 0 spiro atoms. The van der Waals surface area contributed by atoms with Crippen LogP contribution in [0.2, 0.25) is 0 Å². The van der Waals surface area contributed by atoms with Gasteiger partial charge in [0.2, 0.25) is 0 Å². The summed E-state index contributed by atoms with van der Waals surface area (Å²) in [4.78, 5) is 3.11. The van der Waals surface area contributed by atoms with Gasteiger partial charge in [-0.1, -0.05) is 19.9 Å². The number of unbranched alkanes of at least 4 members (excludes halogenated alkanes) is 1. The van der Waals surface area contributed by atoms with Gasteiger partial charge in [-0.15, -0.1) is 0 Å². The van der Waals surface area contributed by atoms with Crippen molar-refractivity contribution in [2.24, 2.45) is 0 Å². The Hall–Kier alpha value is -1.05. The van der Waals surface area contributed by atoms with E-state index >= 15 is 0 Å². The molecule has 0 fully saturated rings. The minimum atomic E-state index is 1.08. The maximum absolute atomic E-state index is 3.72. The minimum Gasteiger partial charge on any atom is -0.244 e. The predicted octanol–water partition coefficient (Wildman–Crippen LogP) is 1.75. The molecule has 2 nitrogen and oxygen atoms in total. The smallest absolute Gasteiger partial charge is 0.244 e. The van der Waals surface area contributed by atoms with Crippen molar-refractivity contribution in [3.8, 4) is 0 Å². The second kappa shape index (κ2) is 3.96. The van der Waals surface area contributed by atoms with Crippen molar-refractivity contribution in [1.29, 1.82) is 0 Å². The normalized spacial score (nSPS) is 9.91. The SMILES string of the molecule is C=Cc1[nH]cc[n+]1CCCC. The molecular formula is C9H15N2+. The van der Waals surface area contributed by atoms with Crippen LogP contribution in [0.15, 0.2) is 19.0 Å². The molecule has 0 aliphatic rings. The number of hydrogen-bond donors (Lipinski definition) is 1. The van der Waals surface area contributed by atoms with E-state index in [0.29, 0.717) is 0 Å². The topological polar surface area (TPSA) is 19.7 Å². The lowest BCUT2D eigenvalue weighted by molar-refractivity contribution is -0.697. The van der Waals surface area contributed by atoms with Gasteiger partial charge in [0.25, 0.3) is 5.82 Å². The Morgan fingerprint density at radius 2 is 2.55 bits per heavy atom. The van der Waals surface area contributed by atoms with Crippen LogP contribution in [0.4, 0.5) is 0 Å². The fraction of sp³-hybridized carbons (Fsp3) is 0.444. The van der Waals surface area contributed by atoms with Crippen LogP contribution in [0.3, 0.4) is 0 Å². The highest BCUT2D eigenvalue weighted by Crippen LogP contribution is 1.91. The summed E-state index contributed by atoms with van der Waals surface area (Å²) in [6.07, 6.45) is 8.28. The molecule has 11 heavy (non-hydrogen) atoms. The van der Waals surface area contributed by atoms with E-state index in [-0.39, 0.29) is 0 Å². The third-order valence-corrected chi connectivity index (χ3v) is 1.74. The Bertz CT molecular complexity index is 225. The number of hydrogen-bond acceptors (Lipinski definition) is 0. The second-order valence-electron chi connectivity index (χ2n) is 2.60. The summed E-state index contributed by atoms with van der Waals surface area (Å²) in [7, 11) is 0. The molecule has 0 aliphatic heterocycles. The molecule has 1 N–H and O–H groups in total. The average Bonchev–Trinajstić information content (AvgIpc) is 2.47. The summed E-state index contributed by atoms with van der Waals surface area (Å²) in [5.41, 5.74) is 0. The van der Waals surface area contributed by atoms with E-state index in [1.807, 2.05) is 18.5 Å². The lowest BCUT2D eigenvalue weighted by Gasteiger charge is -1.94. The molecule has 0 aromatic carbocycles. The van der Waals surface area contributed by atoms with Gasteiger partial charge in [-0.05, 0) is 6.42 Å². The highest BCUT2D eigenvalue weighted by atomic mass is 15.0. The highest BCUT2D eigenvalue weighted by molar-refractivity contribution is 5.31.